The molecule has 0 heterocycles. The summed E-state index contributed by atoms with van der Waals surface area (Å²) < 4.78 is 4.97. The highest BCUT2D eigenvalue weighted by Gasteiger charge is 2.09. The standard InChI is InChI=1S/C11H23N3O2S/c1-13(8-9-16-3)6-5-11(15)14(2)7-4-10(12)17/h4-9H2,1-3H3,(H2,12,17). The first-order valence-electron chi connectivity index (χ1n) is 5.67. The molecule has 0 aliphatic carbocycles. The maximum absolute atomic E-state index is 11.7. The van der Waals surface area contributed by atoms with Gasteiger partial charge in [-0.3, -0.25) is 4.79 Å². The van der Waals surface area contributed by atoms with Gasteiger partial charge in [-0.15, -0.1) is 0 Å². The van der Waals surface area contributed by atoms with Crippen LogP contribution in [0.15, 0.2) is 0 Å². The molecule has 0 aliphatic heterocycles. The van der Waals surface area contributed by atoms with E-state index in [4.69, 9.17) is 22.7 Å². The van der Waals surface area contributed by atoms with Crippen LogP contribution in [0.3, 0.4) is 0 Å². The van der Waals surface area contributed by atoms with Gasteiger partial charge in [-0.1, -0.05) is 12.2 Å². The van der Waals surface area contributed by atoms with Crippen LogP contribution in [-0.4, -0.2) is 68.1 Å². The molecule has 6 heteroatoms. The Hall–Kier alpha value is -0.720. The van der Waals surface area contributed by atoms with E-state index in [1.165, 1.54) is 0 Å². The molecule has 1 amide bonds. The monoisotopic (exact) mass is 261 g/mol. The molecule has 0 spiro atoms. The summed E-state index contributed by atoms with van der Waals surface area (Å²) in [6.07, 6.45) is 1.09. The van der Waals surface area contributed by atoms with Crippen LogP contribution in [0.5, 0.6) is 0 Å². The Labute approximate surface area is 109 Å². The molecule has 0 saturated carbocycles. The normalized spacial score (nSPS) is 10.6. The minimum absolute atomic E-state index is 0.116. The summed E-state index contributed by atoms with van der Waals surface area (Å²) in [5, 5.41) is 0. The van der Waals surface area contributed by atoms with E-state index in [0.717, 1.165) is 13.1 Å². The second kappa shape index (κ2) is 9.32. The first kappa shape index (κ1) is 16.3. The first-order valence-corrected chi connectivity index (χ1v) is 6.08. The predicted molar refractivity (Wildman–Crippen MR) is 73.0 cm³/mol. The Morgan fingerprint density at radius 3 is 2.41 bits per heavy atom. The molecule has 0 aromatic heterocycles. The lowest BCUT2D eigenvalue weighted by Gasteiger charge is -2.20. The maximum atomic E-state index is 11.7. The van der Waals surface area contributed by atoms with Gasteiger partial charge in [-0.05, 0) is 7.05 Å². The molecule has 0 fully saturated rings. The number of likely N-dealkylation sites (N-methyl/N-ethyl adjacent to an activating group) is 1. The smallest absolute Gasteiger partial charge is 0.223 e. The number of amides is 1. The van der Waals surface area contributed by atoms with E-state index in [-0.39, 0.29) is 5.91 Å². The average molecular weight is 261 g/mol. The number of ether oxygens (including phenoxy) is 1. The van der Waals surface area contributed by atoms with Crippen LogP contribution < -0.4 is 5.73 Å². The van der Waals surface area contributed by atoms with Crippen LogP contribution in [0.2, 0.25) is 0 Å². The van der Waals surface area contributed by atoms with Gasteiger partial charge in [0.15, 0.2) is 0 Å². The van der Waals surface area contributed by atoms with Crippen molar-refractivity contribution in [2.75, 3.05) is 47.4 Å². The van der Waals surface area contributed by atoms with Crippen molar-refractivity contribution in [1.29, 1.82) is 0 Å². The Bertz CT molecular complexity index is 249. The third kappa shape index (κ3) is 9.02. The molecule has 0 saturated heterocycles. The molecule has 0 aliphatic rings. The zero-order valence-corrected chi connectivity index (χ0v) is 11.8. The number of nitrogens with two attached hydrogens (primary N) is 1. The summed E-state index contributed by atoms with van der Waals surface area (Å²) in [6, 6.07) is 0. The highest BCUT2D eigenvalue weighted by molar-refractivity contribution is 7.80. The van der Waals surface area contributed by atoms with Crippen molar-refractivity contribution in [1.82, 2.24) is 9.80 Å². The lowest BCUT2D eigenvalue weighted by Crippen LogP contribution is -2.33. The molecule has 0 bridgehead atoms. The average Bonchev–Trinajstić information content (AvgIpc) is 2.29. The molecule has 0 radical (unpaired) electrons. The van der Waals surface area contributed by atoms with Crippen LogP contribution >= 0.6 is 12.2 Å². The van der Waals surface area contributed by atoms with Crippen LogP contribution in [0.25, 0.3) is 0 Å². The number of thiocarbonyl (C=S) groups is 1. The van der Waals surface area contributed by atoms with Gasteiger partial charge in [0.05, 0.1) is 11.6 Å². The fourth-order valence-corrected chi connectivity index (χ4v) is 1.33. The topological polar surface area (TPSA) is 58.8 Å². The molecule has 5 nitrogen and oxygen atoms in total. The van der Waals surface area contributed by atoms with Gasteiger partial charge in [-0.2, -0.15) is 0 Å². The lowest BCUT2D eigenvalue weighted by molar-refractivity contribution is -0.130. The van der Waals surface area contributed by atoms with Gasteiger partial charge in [-0.25, -0.2) is 0 Å². The molecule has 100 valence electrons. The predicted octanol–water partition coefficient (Wildman–Crippen LogP) is 0.0893. The molecular weight excluding hydrogens is 238 g/mol. The largest absolute Gasteiger partial charge is 0.393 e. The molecule has 0 rings (SSSR count). The van der Waals surface area contributed by atoms with E-state index in [0.29, 0.717) is 31.0 Å². The summed E-state index contributed by atoms with van der Waals surface area (Å²) in [4.78, 5) is 15.9. The maximum Gasteiger partial charge on any atom is 0.223 e. The van der Waals surface area contributed by atoms with E-state index in [9.17, 15) is 4.79 Å². The van der Waals surface area contributed by atoms with Gasteiger partial charge >= 0.3 is 0 Å². The van der Waals surface area contributed by atoms with Crippen molar-refractivity contribution in [3.8, 4) is 0 Å². The van der Waals surface area contributed by atoms with Gasteiger partial charge in [0.25, 0.3) is 0 Å². The third-order valence-corrected chi connectivity index (χ3v) is 2.71. The Balaban J connectivity index is 3.73. The van der Waals surface area contributed by atoms with Crippen molar-refractivity contribution < 1.29 is 9.53 Å². The zero-order chi connectivity index (χ0) is 13.3. The van der Waals surface area contributed by atoms with Crippen LogP contribution in [0.1, 0.15) is 12.8 Å². The van der Waals surface area contributed by atoms with E-state index in [1.54, 1.807) is 19.1 Å². The quantitative estimate of drug-likeness (QED) is 0.596. The second-order valence-electron chi connectivity index (χ2n) is 4.08. The van der Waals surface area contributed by atoms with Gasteiger partial charge in [0.2, 0.25) is 5.91 Å². The van der Waals surface area contributed by atoms with Crippen LogP contribution in [0, 0.1) is 0 Å². The van der Waals surface area contributed by atoms with Crippen molar-refractivity contribution in [2.24, 2.45) is 5.73 Å². The summed E-state index contributed by atoms with van der Waals surface area (Å²) in [5.41, 5.74) is 5.39. The minimum Gasteiger partial charge on any atom is -0.393 e. The van der Waals surface area contributed by atoms with E-state index >= 15 is 0 Å². The molecular formula is C11H23N3O2S. The van der Waals surface area contributed by atoms with Gasteiger partial charge in [0.1, 0.15) is 0 Å². The number of rotatable bonds is 9. The summed E-state index contributed by atoms with van der Waals surface area (Å²) in [5.74, 6) is 0.116. The number of carbonyl (C=O) groups is 1. The van der Waals surface area contributed by atoms with E-state index in [2.05, 4.69) is 4.90 Å². The van der Waals surface area contributed by atoms with E-state index in [1.807, 2.05) is 7.05 Å². The van der Waals surface area contributed by atoms with Crippen molar-refractivity contribution in [3.63, 3.8) is 0 Å². The van der Waals surface area contributed by atoms with Crippen LogP contribution in [0.4, 0.5) is 0 Å². The number of carbonyl (C=O) groups excluding carboxylic acids is 1. The van der Waals surface area contributed by atoms with Crippen molar-refractivity contribution in [3.05, 3.63) is 0 Å². The third-order valence-electron chi connectivity index (χ3n) is 2.50. The molecule has 17 heavy (non-hydrogen) atoms. The summed E-state index contributed by atoms with van der Waals surface area (Å²) in [7, 11) is 5.42. The SMILES string of the molecule is COCCN(C)CCC(=O)N(C)CCC(N)=S. The van der Waals surface area contributed by atoms with Crippen molar-refractivity contribution >= 4 is 23.1 Å². The minimum atomic E-state index is 0.116. The Morgan fingerprint density at radius 1 is 1.24 bits per heavy atom. The second-order valence-corrected chi connectivity index (χ2v) is 4.60. The fraction of sp³-hybridized carbons (Fsp3) is 0.818. The summed E-state index contributed by atoms with van der Waals surface area (Å²) >= 11 is 4.77. The first-order chi connectivity index (χ1) is 7.97. The van der Waals surface area contributed by atoms with Gasteiger partial charge in [0, 0.05) is 46.6 Å². The molecule has 0 aromatic carbocycles. The lowest BCUT2D eigenvalue weighted by atomic mass is 10.3. The van der Waals surface area contributed by atoms with Crippen LogP contribution in [-0.2, 0) is 9.53 Å². The highest BCUT2D eigenvalue weighted by atomic mass is 32.1. The highest BCUT2D eigenvalue weighted by Crippen LogP contribution is 1.95. The Kier molecular flexibility index (Phi) is 8.93. The number of nitrogens with zero attached hydrogens (tertiary/aromatic N) is 2. The number of hydrogen-bond acceptors (Lipinski definition) is 4. The molecule has 0 unspecified atom stereocenters. The Morgan fingerprint density at radius 2 is 1.88 bits per heavy atom. The number of methoxy groups -OCH3 is 1. The fourth-order valence-electron chi connectivity index (χ4n) is 1.24. The van der Waals surface area contributed by atoms with Gasteiger partial charge < -0.3 is 20.3 Å². The molecule has 0 aromatic rings. The van der Waals surface area contributed by atoms with E-state index < -0.39 is 0 Å². The molecule has 0 atom stereocenters. The molecule has 2 N–H and O–H groups in total. The van der Waals surface area contributed by atoms with Crippen molar-refractivity contribution in [2.45, 2.75) is 12.8 Å². The summed E-state index contributed by atoms with van der Waals surface area (Å²) in [6.45, 7) is 2.85. The zero-order valence-electron chi connectivity index (χ0n) is 10.9. The number of hydrogen-bond donors (Lipinski definition) is 1.